The summed E-state index contributed by atoms with van der Waals surface area (Å²) in [6, 6.07) is 0. The van der Waals surface area contributed by atoms with E-state index in [1.54, 1.807) is 6.92 Å². The summed E-state index contributed by atoms with van der Waals surface area (Å²) in [6.07, 6.45) is 5.53. The highest BCUT2D eigenvalue weighted by molar-refractivity contribution is 5.86. The summed E-state index contributed by atoms with van der Waals surface area (Å²) in [4.78, 5) is 11.9. The minimum absolute atomic E-state index is 0.0712. The van der Waals surface area contributed by atoms with E-state index in [1.807, 2.05) is 0 Å². The molecule has 4 fully saturated rings. The average Bonchev–Trinajstić information content (AvgIpc) is 3.25. The van der Waals surface area contributed by atoms with E-state index in [2.05, 4.69) is 20.4 Å². The Morgan fingerprint density at radius 3 is 2.41 bits per heavy atom. The number of esters is 1. The number of ether oxygens (including phenoxy) is 6. The predicted molar refractivity (Wildman–Crippen MR) is 104 cm³/mol. The highest BCUT2D eigenvalue weighted by Gasteiger charge is 2.63. The maximum Gasteiger partial charge on any atom is 0.333 e. The summed E-state index contributed by atoms with van der Waals surface area (Å²) >= 11 is 0. The number of rotatable bonds is 6. The van der Waals surface area contributed by atoms with Crippen LogP contribution in [0.1, 0.15) is 72.1 Å². The van der Waals surface area contributed by atoms with Crippen molar-refractivity contribution in [2.75, 3.05) is 6.61 Å². The van der Waals surface area contributed by atoms with Gasteiger partial charge in [0.15, 0.2) is 17.9 Å². The van der Waals surface area contributed by atoms with Crippen LogP contribution in [0.4, 0.5) is 0 Å². The van der Waals surface area contributed by atoms with E-state index >= 15 is 0 Å². The Labute approximate surface area is 173 Å². The Hall–Kier alpha value is -0.990. The third-order valence-corrected chi connectivity index (χ3v) is 6.49. The maximum absolute atomic E-state index is 11.9. The lowest BCUT2D eigenvalue weighted by Crippen LogP contribution is -2.56. The van der Waals surface area contributed by atoms with Crippen LogP contribution in [0, 0.1) is 0 Å². The zero-order valence-corrected chi connectivity index (χ0v) is 17.8. The molecule has 1 spiro atoms. The molecule has 1 saturated carbocycles. The normalized spacial score (nSPS) is 40.4. The molecule has 6 atom stereocenters. The van der Waals surface area contributed by atoms with Gasteiger partial charge in [0.25, 0.3) is 0 Å². The van der Waals surface area contributed by atoms with Crippen LogP contribution in [0.2, 0.25) is 0 Å². The van der Waals surface area contributed by atoms with Crippen LogP contribution >= 0.6 is 0 Å². The molecule has 0 amide bonds. The Bertz CT molecular complexity index is 629. The summed E-state index contributed by atoms with van der Waals surface area (Å²) in [5.74, 6) is -1.69. The van der Waals surface area contributed by atoms with Crippen molar-refractivity contribution in [2.45, 2.75) is 114 Å². The van der Waals surface area contributed by atoms with Gasteiger partial charge in [-0.3, -0.25) is 0 Å². The van der Waals surface area contributed by atoms with Crippen molar-refractivity contribution in [1.29, 1.82) is 0 Å². The third-order valence-electron chi connectivity index (χ3n) is 6.49. The fraction of sp³-hybridized carbons (Fsp3) is 0.864. The van der Waals surface area contributed by atoms with Crippen LogP contribution < -0.4 is 0 Å². The molecule has 0 N–H and O–H groups in total. The SMILES string of the molecule is C=C(C)C(=O)OCC1OC2OC3(CCCCC3)O[C@@H]2C2OC(CC)(CCC)OC12. The molecule has 7 nitrogen and oxygen atoms in total. The molecule has 0 bridgehead atoms. The predicted octanol–water partition coefficient (Wildman–Crippen LogP) is 3.60. The first kappa shape index (κ1) is 21.2. The zero-order chi connectivity index (χ0) is 20.6. The molecule has 0 radical (unpaired) electrons. The highest BCUT2D eigenvalue weighted by atomic mass is 16.9. The minimum atomic E-state index is -0.662. The first-order valence-corrected chi connectivity index (χ1v) is 11.1. The first-order chi connectivity index (χ1) is 13.9. The lowest BCUT2D eigenvalue weighted by molar-refractivity contribution is -0.254. The summed E-state index contributed by atoms with van der Waals surface area (Å²) in [5.41, 5.74) is 0.356. The topological polar surface area (TPSA) is 72.5 Å². The molecule has 4 rings (SSSR count). The van der Waals surface area contributed by atoms with E-state index in [9.17, 15) is 4.79 Å². The molecule has 0 aromatic carbocycles. The van der Waals surface area contributed by atoms with Gasteiger partial charge < -0.3 is 28.4 Å². The van der Waals surface area contributed by atoms with Crippen LogP contribution in [-0.4, -0.2) is 54.9 Å². The van der Waals surface area contributed by atoms with Crippen molar-refractivity contribution >= 4 is 5.97 Å². The van der Waals surface area contributed by atoms with Gasteiger partial charge in [0.2, 0.25) is 0 Å². The Kier molecular flexibility index (Phi) is 6.06. The van der Waals surface area contributed by atoms with Gasteiger partial charge in [0, 0.05) is 24.8 Å². The standard InChI is InChI=1S/C22H34O7/c1-5-10-21(6-2)26-16-15(13-24-19(23)14(3)4)25-20-18(17(16)27-21)28-22(29-20)11-8-7-9-12-22/h15-18,20H,3,5-13H2,1-2,4H3/t15?,16?,17?,18-,20?,21?/m1/s1. The van der Waals surface area contributed by atoms with Gasteiger partial charge >= 0.3 is 5.97 Å². The van der Waals surface area contributed by atoms with Crippen molar-refractivity contribution in [3.8, 4) is 0 Å². The van der Waals surface area contributed by atoms with Crippen molar-refractivity contribution in [2.24, 2.45) is 0 Å². The summed E-state index contributed by atoms with van der Waals surface area (Å²) < 4.78 is 37.4. The maximum atomic E-state index is 11.9. The first-order valence-electron chi connectivity index (χ1n) is 11.1. The fourth-order valence-electron chi connectivity index (χ4n) is 4.97. The van der Waals surface area contributed by atoms with Crippen LogP contribution in [0.5, 0.6) is 0 Å². The summed E-state index contributed by atoms with van der Waals surface area (Å²) in [7, 11) is 0. The summed E-state index contributed by atoms with van der Waals surface area (Å²) in [5, 5.41) is 0. The molecular formula is C22H34O7. The Balaban J connectivity index is 1.55. The van der Waals surface area contributed by atoms with Gasteiger partial charge in [0.1, 0.15) is 31.0 Å². The molecule has 1 aliphatic carbocycles. The second kappa shape index (κ2) is 8.27. The molecule has 0 aromatic heterocycles. The molecule has 164 valence electrons. The minimum Gasteiger partial charge on any atom is -0.459 e. The van der Waals surface area contributed by atoms with Crippen LogP contribution in [0.25, 0.3) is 0 Å². The highest BCUT2D eigenvalue weighted by Crippen LogP contribution is 2.49. The number of hydrogen-bond donors (Lipinski definition) is 0. The molecule has 3 aliphatic heterocycles. The van der Waals surface area contributed by atoms with E-state index in [-0.39, 0.29) is 24.9 Å². The molecule has 7 heteroatoms. The Morgan fingerprint density at radius 1 is 1.03 bits per heavy atom. The monoisotopic (exact) mass is 410 g/mol. The fourth-order valence-corrected chi connectivity index (χ4v) is 4.97. The Morgan fingerprint density at radius 2 is 1.76 bits per heavy atom. The second-order valence-electron chi connectivity index (χ2n) is 8.77. The van der Waals surface area contributed by atoms with Gasteiger partial charge in [-0.15, -0.1) is 0 Å². The van der Waals surface area contributed by atoms with Gasteiger partial charge in [-0.25, -0.2) is 4.79 Å². The lowest BCUT2D eigenvalue weighted by atomic mass is 9.94. The molecule has 29 heavy (non-hydrogen) atoms. The van der Waals surface area contributed by atoms with Gasteiger partial charge in [-0.1, -0.05) is 33.3 Å². The van der Waals surface area contributed by atoms with E-state index in [4.69, 9.17) is 28.4 Å². The van der Waals surface area contributed by atoms with Crippen LogP contribution in [0.3, 0.4) is 0 Å². The number of fused-ring (bicyclic) bond motifs is 3. The van der Waals surface area contributed by atoms with Crippen LogP contribution in [0.15, 0.2) is 12.2 Å². The average molecular weight is 411 g/mol. The number of carbonyl (C=O) groups is 1. The number of hydrogen-bond acceptors (Lipinski definition) is 7. The smallest absolute Gasteiger partial charge is 0.333 e. The van der Waals surface area contributed by atoms with Crippen LogP contribution in [-0.2, 0) is 33.2 Å². The van der Waals surface area contributed by atoms with E-state index in [0.29, 0.717) is 5.57 Å². The van der Waals surface area contributed by atoms with E-state index in [0.717, 1.165) is 44.9 Å². The quantitative estimate of drug-likeness (QED) is 0.489. The molecular weight excluding hydrogens is 376 g/mol. The van der Waals surface area contributed by atoms with Crippen molar-refractivity contribution < 1.29 is 33.2 Å². The van der Waals surface area contributed by atoms with Crippen molar-refractivity contribution in [1.82, 2.24) is 0 Å². The largest absolute Gasteiger partial charge is 0.459 e. The molecule has 3 saturated heterocycles. The molecule has 5 unspecified atom stereocenters. The van der Waals surface area contributed by atoms with E-state index in [1.165, 1.54) is 6.42 Å². The molecule has 4 aliphatic rings. The molecule has 0 aromatic rings. The lowest BCUT2D eigenvalue weighted by Gasteiger charge is -2.36. The molecule has 3 heterocycles. The van der Waals surface area contributed by atoms with Gasteiger partial charge in [-0.2, -0.15) is 0 Å². The second-order valence-corrected chi connectivity index (χ2v) is 8.77. The van der Waals surface area contributed by atoms with Crippen molar-refractivity contribution in [3.63, 3.8) is 0 Å². The number of carbonyl (C=O) groups excluding carboxylic acids is 1. The van der Waals surface area contributed by atoms with Gasteiger partial charge in [-0.05, 0) is 26.2 Å². The zero-order valence-electron chi connectivity index (χ0n) is 17.8. The van der Waals surface area contributed by atoms with Crippen molar-refractivity contribution in [3.05, 3.63) is 12.2 Å². The van der Waals surface area contributed by atoms with E-state index < -0.39 is 29.9 Å². The summed E-state index contributed by atoms with van der Waals surface area (Å²) in [6.45, 7) is 9.52. The van der Waals surface area contributed by atoms with Gasteiger partial charge in [0.05, 0.1) is 0 Å². The third kappa shape index (κ3) is 4.00.